The zero-order chi connectivity index (χ0) is 16.2. The molecule has 1 N–H and O–H groups in total. The van der Waals surface area contributed by atoms with Crippen LogP contribution in [0.2, 0.25) is 0 Å². The fraction of sp³-hybridized carbons (Fsp3) is 0.625. The van der Waals surface area contributed by atoms with Crippen LogP contribution in [0.15, 0.2) is 22.8 Å². The minimum Gasteiger partial charge on any atom is -0.459 e. The summed E-state index contributed by atoms with van der Waals surface area (Å²) < 4.78 is 5.16. The first-order valence-electron chi connectivity index (χ1n) is 8.23. The van der Waals surface area contributed by atoms with Gasteiger partial charge < -0.3 is 19.5 Å². The Kier molecular flexibility index (Phi) is 4.97. The molecule has 2 fully saturated rings. The highest BCUT2D eigenvalue weighted by molar-refractivity contribution is 5.91. The third kappa shape index (κ3) is 3.56. The molecule has 7 nitrogen and oxygen atoms in total. The molecule has 23 heavy (non-hydrogen) atoms. The van der Waals surface area contributed by atoms with E-state index in [1.165, 1.54) is 6.26 Å². The van der Waals surface area contributed by atoms with Gasteiger partial charge in [0.15, 0.2) is 5.76 Å². The molecular formula is C16H24N4O3. The number of amides is 2. The van der Waals surface area contributed by atoms with E-state index >= 15 is 0 Å². The molecule has 1 atom stereocenters. The Morgan fingerprint density at radius 1 is 1.09 bits per heavy atom. The van der Waals surface area contributed by atoms with Gasteiger partial charge in [-0.05, 0) is 19.1 Å². The average molecular weight is 320 g/mol. The highest BCUT2D eigenvalue weighted by atomic mass is 16.3. The quantitative estimate of drug-likeness (QED) is 0.839. The number of hydrogen-bond acceptors (Lipinski definition) is 5. The molecule has 3 heterocycles. The van der Waals surface area contributed by atoms with Crippen molar-refractivity contribution in [3.63, 3.8) is 0 Å². The normalized spacial score (nSPS) is 21.3. The first-order chi connectivity index (χ1) is 11.2. The van der Waals surface area contributed by atoms with Gasteiger partial charge in [-0.3, -0.25) is 14.5 Å². The summed E-state index contributed by atoms with van der Waals surface area (Å²) in [6, 6.07) is 3.29. The van der Waals surface area contributed by atoms with Crippen LogP contribution in [0.4, 0.5) is 0 Å². The van der Waals surface area contributed by atoms with Gasteiger partial charge in [-0.15, -0.1) is 0 Å². The summed E-state index contributed by atoms with van der Waals surface area (Å²) in [5, 5.41) is 3.30. The van der Waals surface area contributed by atoms with Crippen LogP contribution in [0.25, 0.3) is 0 Å². The fourth-order valence-corrected chi connectivity index (χ4v) is 3.18. The molecule has 7 heteroatoms. The Bertz CT molecular complexity index is 532. The first-order valence-corrected chi connectivity index (χ1v) is 8.23. The monoisotopic (exact) mass is 320 g/mol. The minimum absolute atomic E-state index is 0.0931. The number of furan rings is 1. The van der Waals surface area contributed by atoms with Gasteiger partial charge >= 0.3 is 0 Å². The van der Waals surface area contributed by atoms with E-state index in [4.69, 9.17) is 4.42 Å². The molecule has 0 radical (unpaired) electrons. The van der Waals surface area contributed by atoms with Crippen molar-refractivity contribution in [3.05, 3.63) is 24.2 Å². The summed E-state index contributed by atoms with van der Waals surface area (Å²) in [6.45, 7) is 7.94. The Balaban J connectivity index is 1.52. The second-order valence-corrected chi connectivity index (χ2v) is 6.06. The molecule has 0 bridgehead atoms. The molecule has 1 aromatic rings. The molecule has 2 aliphatic heterocycles. The minimum atomic E-state index is -0.0998. The van der Waals surface area contributed by atoms with Crippen molar-refractivity contribution in [1.82, 2.24) is 20.0 Å². The number of nitrogens with zero attached hydrogens (tertiary/aromatic N) is 3. The van der Waals surface area contributed by atoms with Crippen LogP contribution in [0.1, 0.15) is 17.5 Å². The predicted octanol–water partition coefficient (Wildman–Crippen LogP) is -0.142. The Morgan fingerprint density at radius 3 is 2.35 bits per heavy atom. The van der Waals surface area contributed by atoms with Crippen molar-refractivity contribution in [1.29, 1.82) is 0 Å². The largest absolute Gasteiger partial charge is 0.459 e. The second-order valence-electron chi connectivity index (χ2n) is 6.06. The summed E-state index contributed by atoms with van der Waals surface area (Å²) in [6.07, 6.45) is 1.50. The van der Waals surface area contributed by atoms with E-state index in [0.717, 1.165) is 26.2 Å². The molecule has 126 valence electrons. The van der Waals surface area contributed by atoms with Gasteiger partial charge in [0.05, 0.1) is 12.3 Å². The van der Waals surface area contributed by atoms with E-state index < -0.39 is 0 Å². The van der Waals surface area contributed by atoms with Crippen LogP contribution in [0, 0.1) is 0 Å². The highest BCUT2D eigenvalue weighted by Gasteiger charge is 2.30. The lowest BCUT2D eigenvalue weighted by Crippen LogP contribution is -2.57. The van der Waals surface area contributed by atoms with Crippen LogP contribution >= 0.6 is 0 Å². The van der Waals surface area contributed by atoms with E-state index in [0.29, 0.717) is 31.9 Å². The van der Waals surface area contributed by atoms with E-state index in [9.17, 15) is 9.59 Å². The fourth-order valence-electron chi connectivity index (χ4n) is 3.18. The Hall–Kier alpha value is -1.86. The van der Waals surface area contributed by atoms with Crippen LogP contribution in [-0.2, 0) is 4.79 Å². The number of carbonyl (C=O) groups is 2. The van der Waals surface area contributed by atoms with Crippen molar-refractivity contribution in [2.75, 3.05) is 52.4 Å². The van der Waals surface area contributed by atoms with Crippen LogP contribution in [0.5, 0.6) is 0 Å². The van der Waals surface area contributed by atoms with Gasteiger partial charge in [-0.1, -0.05) is 0 Å². The van der Waals surface area contributed by atoms with Gasteiger partial charge in [0.1, 0.15) is 0 Å². The number of piperazine rings is 2. The van der Waals surface area contributed by atoms with Crippen LogP contribution in [-0.4, -0.2) is 84.9 Å². The van der Waals surface area contributed by atoms with Crippen molar-refractivity contribution in [2.45, 2.75) is 13.0 Å². The van der Waals surface area contributed by atoms with Gasteiger partial charge in [-0.2, -0.15) is 0 Å². The molecule has 0 spiro atoms. The van der Waals surface area contributed by atoms with Gasteiger partial charge in [0.2, 0.25) is 5.91 Å². The van der Waals surface area contributed by atoms with Gasteiger partial charge in [-0.25, -0.2) is 0 Å². The van der Waals surface area contributed by atoms with Gasteiger partial charge in [0.25, 0.3) is 5.91 Å². The summed E-state index contributed by atoms with van der Waals surface area (Å²) >= 11 is 0. The Labute approximate surface area is 136 Å². The second kappa shape index (κ2) is 7.14. The molecule has 2 saturated heterocycles. The van der Waals surface area contributed by atoms with Crippen molar-refractivity contribution >= 4 is 11.8 Å². The molecule has 3 rings (SSSR count). The molecule has 0 aromatic carbocycles. The predicted molar refractivity (Wildman–Crippen MR) is 85.1 cm³/mol. The van der Waals surface area contributed by atoms with Gasteiger partial charge in [0, 0.05) is 52.4 Å². The third-order valence-electron chi connectivity index (χ3n) is 4.67. The topological polar surface area (TPSA) is 69.0 Å². The zero-order valence-electron chi connectivity index (χ0n) is 13.5. The lowest BCUT2D eigenvalue weighted by atomic mass is 10.2. The lowest BCUT2D eigenvalue weighted by molar-refractivity contribution is -0.138. The van der Waals surface area contributed by atoms with E-state index in [1.807, 2.05) is 11.8 Å². The highest BCUT2D eigenvalue weighted by Crippen LogP contribution is 2.12. The number of nitrogens with one attached hydrogen (secondary N) is 1. The molecule has 1 aromatic heterocycles. The standard InChI is InChI=1S/C16H24N4O3/c1-13(18-6-4-17-5-7-18)15(21)19-8-10-20(11-9-19)16(22)14-3-2-12-23-14/h2-3,12-13,17H,4-11H2,1H3. The molecule has 0 saturated carbocycles. The van der Waals surface area contributed by atoms with Crippen molar-refractivity contribution in [3.8, 4) is 0 Å². The van der Waals surface area contributed by atoms with Crippen molar-refractivity contribution < 1.29 is 14.0 Å². The number of carbonyl (C=O) groups excluding carboxylic acids is 2. The summed E-state index contributed by atoms with van der Waals surface area (Å²) in [5.41, 5.74) is 0. The molecular weight excluding hydrogens is 296 g/mol. The smallest absolute Gasteiger partial charge is 0.289 e. The maximum Gasteiger partial charge on any atom is 0.289 e. The van der Waals surface area contributed by atoms with E-state index in [-0.39, 0.29) is 17.9 Å². The Morgan fingerprint density at radius 2 is 1.74 bits per heavy atom. The lowest BCUT2D eigenvalue weighted by Gasteiger charge is -2.39. The SMILES string of the molecule is CC(C(=O)N1CCN(C(=O)c2ccco2)CC1)N1CCNCC1. The van der Waals surface area contributed by atoms with Crippen molar-refractivity contribution in [2.24, 2.45) is 0 Å². The molecule has 1 unspecified atom stereocenters. The summed E-state index contributed by atoms with van der Waals surface area (Å²) in [4.78, 5) is 30.7. The molecule has 2 aliphatic rings. The average Bonchev–Trinajstić information content (AvgIpc) is 3.15. The van der Waals surface area contributed by atoms with Crippen LogP contribution in [0.3, 0.4) is 0 Å². The zero-order valence-corrected chi connectivity index (χ0v) is 13.5. The molecule has 2 amide bonds. The first kappa shape index (κ1) is 16.0. The maximum atomic E-state index is 12.6. The third-order valence-corrected chi connectivity index (χ3v) is 4.67. The number of hydrogen-bond donors (Lipinski definition) is 1. The van der Waals surface area contributed by atoms with E-state index in [2.05, 4.69) is 10.2 Å². The molecule has 0 aliphatic carbocycles. The summed E-state index contributed by atoms with van der Waals surface area (Å²) in [5.74, 6) is 0.424. The summed E-state index contributed by atoms with van der Waals surface area (Å²) in [7, 11) is 0. The number of rotatable bonds is 3. The van der Waals surface area contributed by atoms with E-state index in [1.54, 1.807) is 17.0 Å². The maximum absolute atomic E-state index is 12.6. The van der Waals surface area contributed by atoms with Crippen LogP contribution < -0.4 is 5.32 Å².